The van der Waals surface area contributed by atoms with E-state index in [9.17, 15) is 18.4 Å². The quantitative estimate of drug-likeness (QED) is 0.322. The summed E-state index contributed by atoms with van der Waals surface area (Å²) in [6.45, 7) is 7.80. The standard InChI is InChI=1S/C24H32N2O4S2.ClH/c1-4-19-5-7-20(8-6-19)21-9-10-22(31-21)24(17-23(27)25-28)12-14-26(13-11-18(2)3)15-16-32(24,29)30;/h5-11,28H,4,12-17H2,1-3H3,(H,25,27);1H/t24-;/m0./s1. The Morgan fingerprint density at radius 2 is 1.88 bits per heavy atom. The van der Waals surface area contributed by atoms with Crippen molar-refractivity contribution in [1.82, 2.24) is 10.4 Å². The van der Waals surface area contributed by atoms with Crippen molar-refractivity contribution >= 4 is 39.5 Å². The molecule has 2 heterocycles. The van der Waals surface area contributed by atoms with Crippen molar-refractivity contribution in [2.45, 2.75) is 44.8 Å². The lowest BCUT2D eigenvalue weighted by Crippen LogP contribution is -2.41. The van der Waals surface area contributed by atoms with Gasteiger partial charge in [-0.15, -0.1) is 23.7 Å². The van der Waals surface area contributed by atoms with Gasteiger partial charge in [-0.3, -0.25) is 14.9 Å². The molecule has 2 aromatic rings. The molecule has 1 atom stereocenters. The van der Waals surface area contributed by atoms with E-state index in [4.69, 9.17) is 0 Å². The monoisotopic (exact) mass is 512 g/mol. The van der Waals surface area contributed by atoms with E-state index >= 15 is 0 Å². The number of thiophene rings is 1. The Morgan fingerprint density at radius 3 is 2.48 bits per heavy atom. The van der Waals surface area contributed by atoms with Crippen LogP contribution in [0.25, 0.3) is 10.4 Å². The SMILES string of the molecule is CCc1ccc(-c2ccc([C@@]3(CC(=O)NO)CCN(CC=C(C)C)CCS3(=O)=O)s2)cc1.Cl. The Balaban J connectivity index is 0.00000385. The van der Waals surface area contributed by atoms with Crippen LogP contribution < -0.4 is 5.48 Å². The van der Waals surface area contributed by atoms with Crippen LogP contribution in [-0.4, -0.2) is 49.8 Å². The van der Waals surface area contributed by atoms with Crippen LogP contribution >= 0.6 is 23.7 Å². The van der Waals surface area contributed by atoms with Gasteiger partial charge in [0.15, 0.2) is 9.84 Å². The molecule has 0 bridgehead atoms. The third-order valence-corrected chi connectivity index (χ3v) is 10.1. The summed E-state index contributed by atoms with van der Waals surface area (Å²) in [4.78, 5) is 16.0. The van der Waals surface area contributed by atoms with E-state index in [1.165, 1.54) is 22.5 Å². The first-order valence-corrected chi connectivity index (χ1v) is 13.4. The number of hydroxylamine groups is 1. The van der Waals surface area contributed by atoms with Gasteiger partial charge in [-0.25, -0.2) is 13.9 Å². The zero-order valence-electron chi connectivity index (χ0n) is 19.3. The largest absolute Gasteiger partial charge is 0.299 e. The van der Waals surface area contributed by atoms with E-state index in [0.29, 0.717) is 30.9 Å². The van der Waals surface area contributed by atoms with Crippen molar-refractivity contribution in [3.05, 3.63) is 58.5 Å². The Labute approximate surface area is 207 Å². The van der Waals surface area contributed by atoms with Gasteiger partial charge in [-0.1, -0.05) is 42.8 Å². The molecule has 33 heavy (non-hydrogen) atoms. The second kappa shape index (κ2) is 11.6. The molecule has 0 radical (unpaired) electrons. The molecule has 1 aliphatic heterocycles. The van der Waals surface area contributed by atoms with Gasteiger partial charge in [0, 0.05) is 29.4 Å². The maximum atomic E-state index is 13.6. The topological polar surface area (TPSA) is 86.7 Å². The van der Waals surface area contributed by atoms with E-state index in [2.05, 4.69) is 30.0 Å². The van der Waals surface area contributed by atoms with Crippen molar-refractivity contribution in [3.63, 3.8) is 0 Å². The minimum Gasteiger partial charge on any atom is -0.299 e. The number of aryl methyl sites for hydroxylation is 1. The lowest BCUT2D eigenvalue weighted by atomic mass is 9.97. The van der Waals surface area contributed by atoms with Crippen LogP contribution in [0.2, 0.25) is 0 Å². The highest BCUT2D eigenvalue weighted by molar-refractivity contribution is 7.92. The zero-order valence-corrected chi connectivity index (χ0v) is 21.8. The first-order chi connectivity index (χ1) is 15.2. The van der Waals surface area contributed by atoms with E-state index in [0.717, 1.165) is 16.9 Å². The van der Waals surface area contributed by atoms with Gasteiger partial charge < -0.3 is 0 Å². The number of hydrogen-bond donors (Lipinski definition) is 2. The average molecular weight is 513 g/mol. The number of sulfone groups is 1. The van der Waals surface area contributed by atoms with Gasteiger partial charge in [-0.05, 0) is 49.9 Å². The number of carbonyl (C=O) groups excluding carboxylic acids is 1. The lowest BCUT2D eigenvalue weighted by molar-refractivity contribution is -0.130. The number of amides is 1. The molecule has 3 rings (SSSR count). The molecule has 0 spiro atoms. The summed E-state index contributed by atoms with van der Waals surface area (Å²) in [7, 11) is -3.65. The van der Waals surface area contributed by atoms with Crippen molar-refractivity contribution in [2.24, 2.45) is 0 Å². The van der Waals surface area contributed by atoms with Crippen LogP contribution in [0.4, 0.5) is 0 Å². The average Bonchev–Trinajstić information content (AvgIpc) is 3.23. The molecule has 0 aliphatic carbocycles. The molecule has 1 aliphatic rings. The normalized spacial score (nSPS) is 20.4. The van der Waals surface area contributed by atoms with Crippen molar-refractivity contribution in [2.75, 3.05) is 25.4 Å². The maximum absolute atomic E-state index is 13.6. The molecule has 1 aromatic heterocycles. The molecule has 0 saturated carbocycles. The van der Waals surface area contributed by atoms with E-state index in [1.54, 1.807) is 5.48 Å². The van der Waals surface area contributed by atoms with Crippen LogP contribution in [0, 0.1) is 0 Å². The fraction of sp³-hybridized carbons (Fsp3) is 0.458. The van der Waals surface area contributed by atoms with Crippen molar-refractivity contribution < 1.29 is 18.4 Å². The van der Waals surface area contributed by atoms with Crippen LogP contribution in [0.5, 0.6) is 0 Å². The minimum atomic E-state index is -3.65. The minimum absolute atomic E-state index is 0. The smallest absolute Gasteiger partial charge is 0.245 e. The number of hydrogen-bond acceptors (Lipinski definition) is 6. The Hall–Kier alpha value is -1.71. The van der Waals surface area contributed by atoms with E-state index in [-0.39, 0.29) is 24.6 Å². The number of allylic oxidation sites excluding steroid dienone is 1. The Bertz CT molecular complexity index is 1080. The highest BCUT2D eigenvalue weighted by Gasteiger charge is 2.49. The van der Waals surface area contributed by atoms with Gasteiger partial charge in [-0.2, -0.15) is 0 Å². The summed E-state index contributed by atoms with van der Waals surface area (Å²) < 4.78 is 25.8. The number of halogens is 1. The molecule has 6 nitrogen and oxygen atoms in total. The highest BCUT2D eigenvalue weighted by atomic mass is 35.5. The first kappa shape index (κ1) is 27.5. The van der Waals surface area contributed by atoms with Crippen LogP contribution in [0.1, 0.15) is 44.1 Å². The molecular formula is C24H33ClN2O4S2. The van der Waals surface area contributed by atoms with E-state index < -0.39 is 20.5 Å². The summed E-state index contributed by atoms with van der Waals surface area (Å²) in [5.74, 6) is -0.714. The van der Waals surface area contributed by atoms with Crippen LogP contribution in [-0.2, 0) is 25.8 Å². The van der Waals surface area contributed by atoms with Crippen LogP contribution in [0.3, 0.4) is 0 Å². The summed E-state index contributed by atoms with van der Waals surface area (Å²) in [6, 6.07) is 12.0. The first-order valence-electron chi connectivity index (χ1n) is 10.9. The van der Waals surface area contributed by atoms with Gasteiger partial charge in [0.25, 0.3) is 0 Å². The molecule has 1 aromatic carbocycles. The fourth-order valence-electron chi connectivity index (χ4n) is 4.05. The van der Waals surface area contributed by atoms with Gasteiger partial charge in [0.1, 0.15) is 4.75 Å². The van der Waals surface area contributed by atoms with Crippen molar-refractivity contribution in [1.29, 1.82) is 0 Å². The molecule has 0 unspecified atom stereocenters. The predicted octanol–water partition coefficient (Wildman–Crippen LogP) is 4.58. The number of rotatable bonds is 7. The maximum Gasteiger partial charge on any atom is 0.245 e. The number of carbonyl (C=O) groups is 1. The molecule has 1 fully saturated rings. The molecular weight excluding hydrogens is 480 g/mol. The molecule has 1 saturated heterocycles. The fourth-order valence-corrected chi connectivity index (χ4v) is 7.69. The Morgan fingerprint density at radius 1 is 1.18 bits per heavy atom. The van der Waals surface area contributed by atoms with Crippen LogP contribution in [0.15, 0.2) is 48.0 Å². The molecule has 1 amide bonds. The van der Waals surface area contributed by atoms with Gasteiger partial charge in [0.05, 0.1) is 12.2 Å². The lowest BCUT2D eigenvalue weighted by Gasteiger charge is -2.30. The second-order valence-electron chi connectivity index (χ2n) is 8.57. The van der Waals surface area contributed by atoms with Crippen molar-refractivity contribution in [3.8, 4) is 10.4 Å². The summed E-state index contributed by atoms with van der Waals surface area (Å²) in [5.41, 5.74) is 5.09. The summed E-state index contributed by atoms with van der Waals surface area (Å²) >= 11 is 1.42. The molecule has 2 N–H and O–H groups in total. The zero-order chi connectivity index (χ0) is 23.4. The molecule has 182 valence electrons. The van der Waals surface area contributed by atoms with E-state index in [1.807, 2.05) is 38.1 Å². The summed E-state index contributed by atoms with van der Waals surface area (Å²) in [5, 5.41) is 9.19. The third-order valence-electron chi connectivity index (χ3n) is 6.13. The number of nitrogens with one attached hydrogen (secondary N) is 1. The second-order valence-corrected chi connectivity index (χ2v) is 12.1. The summed E-state index contributed by atoms with van der Waals surface area (Å²) in [6.07, 6.45) is 3.05. The molecule has 9 heteroatoms. The number of nitrogens with zero attached hydrogens (tertiary/aromatic N) is 1. The van der Waals surface area contributed by atoms with Gasteiger partial charge in [0.2, 0.25) is 5.91 Å². The van der Waals surface area contributed by atoms with Gasteiger partial charge >= 0.3 is 0 Å². The number of benzene rings is 1. The highest BCUT2D eigenvalue weighted by Crippen LogP contribution is 2.45. The third kappa shape index (κ3) is 6.25. The predicted molar refractivity (Wildman–Crippen MR) is 137 cm³/mol. The Kier molecular flexibility index (Phi) is 9.70.